The fourth-order valence-corrected chi connectivity index (χ4v) is 2.74. The van der Waals surface area contributed by atoms with E-state index in [1.165, 1.54) is 6.21 Å². The van der Waals surface area contributed by atoms with E-state index in [2.05, 4.69) is 15.8 Å². The molecule has 160 valence electrons. The largest absolute Gasteiger partial charge is 0.493 e. The van der Waals surface area contributed by atoms with Crippen LogP contribution in [0.5, 0.6) is 11.5 Å². The maximum Gasteiger partial charge on any atom is 0.262 e. The predicted octanol–water partition coefficient (Wildman–Crippen LogP) is 3.31. The number of ether oxygens (including phenoxy) is 2. The third kappa shape index (κ3) is 6.34. The molecule has 7 heteroatoms. The van der Waals surface area contributed by atoms with Crippen LogP contribution in [0, 0.1) is 12.8 Å². The molecule has 2 aromatic carbocycles. The summed E-state index contributed by atoms with van der Waals surface area (Å²) in [5.74, 6) is 0.418. The highest BCUT2D eigenvalue weighted by molar-refractivity contribution is 5.97. The second-order valence-corrected chi connectivity index (χ2v) is 7.14. The van der Waals surface area contributed by atoms with Crippen LogP contribution in [0.4, 0.5) is 0 Å². The van der Waals surface area contributed by atoms with Crippen LogP contribution in [0.25, 0.3) is 0 Å². The number of rotatable bonds is 9. The van der Waals surface area contributed by atoms with Crippen molar-refractivity contribution in [1.82, 2.24) is 10.7 Å². The number of carbonyl (C=O) groups is 2. The van der Waals surface area contributed by atoms with Crippen molar-refractivity contribution in [1.29, 1.82) is 0 Å². The molecule has 0 spiro atoms. The maximum absolute atomic E-state index is 12.6. The quantitative estimate of drug-likeness (QED) is 0.489. The van der Waals surface area contributed by atoms with Gasteiger partial charge in [-0.1, -0.05) is 31.5 Å². The average molecular weight is 412 g/mol. The Kier molecular flexibility index (Phi) is 8.41. The van der Waals surface area contributed by atoms with Gasteiger partial charge in [0.2, 0.25) is 0 Å². The first kappa shape index (κ1) is 22.9. The van der Waals surface area contributed by atoms with Crippen molar-refractivity contribution in [2.75, 3.05) is 13.7 Å². The number of hydrogen-bond acceptors (Lipinski definition) is 5. The molecule has 0 aliphatic rings. The van der Waals surface area contributed by atoms with Gasteiger partial charge in [0.15, 0.2) is 11.5 Å². The van der Waals surface area contributed by atoms with Crippen LogP contribution in [0.1, 0.15) is 42.3 Å². The number of nitrogens with one attached hydrogen (secondary N) is 2. The van der Waals surface area contributed by atoms with Crippen LogP contribution >= 0.6 is 0 Å². The molecule has 0 heterocycles. The minimum Gasteiger partial charge on any atom is -0.493 e. The van der Waals surface area contributed by atoms with E-state index in [4.69, 9.17) is 9.47 Å². The fraction of sp³-hybridized carbons (Fsp3) is 0.348. The van der Waals surface area contributed by atoms with Crippen LogP contribution in [0.15, 0.2) is 47.6 Å². The number of carbonyl (C=O) groups excluding carboxylic acids is 2. The summed E-state index contributed by atoms with van der Waals surface area (Å²) in [5.41, 5.74) is 4.80. The van der Waals surface area contributed by atoms with Crippen LogP contribution in [-0.2, 0) is 4.79 Å². The average Bonchev–Trinajstić information content (AvgIpc) is 2.73. The summed E-state index contributed by atoms with van der Waals surface area (Å²) >= 11 is 0. The van der Waals surface area contributed by atoms with Gasteiger partial charge in [0, 0.05) is 5.56 Å². The fourth-order valence-electron chi connectivity index (χ4n) is 2.74. The molecule has 1 atom stereocenters. The van der Waals surface area contributed by atoms with Crippen LogP contribution < -0.4 is 20.2 Å². The van der Waals surface area contributed by atoms with Crippen molar-refractivity contribution in [3.05, 3.63) is 59.2 Å². The van der Waals surface area contributed by atoms with E-state index in [-0.39, 0.29) is 17.7 Å². The third-order valence-electron chi connectivity index (χ3n) is 4.43. The van der Waals surface area contributed by atoms with E-state index < -0.39 is 6.04 Å². The molecule has 1 unspecified atom stereocenters. The lowest BCUT2D eigenvalue weighted by Gasteiger charge is -2.20. The summed E-state index contributed by atoms with van der Waals surface area (Å²) in [6.45, 7) is 8.10. The molecule has 2 N–H and O–H groups in total. The Labute approximate surface area is 177 Å². The van der Waals surface area contributed by atoms with E-state index in [0.29, 0.717) is 23.7 Å². The van der Waals surface area contributed by atoms with Crippen molar-refractivity contribution >= 4 is 18.0 Å². The highest BCUT2D eigenvalue weighted by Gasteiger charge is 2.24. The van der Waals surface area contributed by atoms with E-state index in [0.717, 1.165) is 11.1 Å². The summed E-state index contributed by atoms with van der Waals surface area (Å²) in [7, 11) is 1.56. The monoisotopic (exact) mass is 411 g/mol. The molecule has 0 aliphatic carbocycles. The molecule has 0 saturated heterocycles. The lowest BCUT2D eigenvalue weighted by Crippen LogP contribution is -2.48. The first-order valence-corrected chi connectivity index (χ1v) is 9.87. The van der Waals surface area contributed by atoms with Crippen molar-refractivity contribution in [2.45, 2.75) is 33.7 Å². The lowest BCUT2D eigenvalue weighted by molar-refractivity contribution is -0.123. The molecular weight excluding hydrogens is 382 g/mol. The number of benzene rings is 2. The number of nitrogens with zero attached hydrogens (tertiary/aromatic N) is 1. The molecular formula is C23H29N3O4. The van der Waals surface area contributed by atoms with Crippen LogP contribution in [0.2, 0.25) is 0 Å². The van der Waals surface area contributed by atoms with Gasteiger partial charge in [0.1, 0.15) is 6.04 Å². The molecule has 0 fully saturated rings. The SMILES string of the molecule is CCOc1ccc(/C=N\NC(=O)C(NC(=O)c2ccc(C)cc2)C(C)C)cc1OC. The smallest absolute Gasteiger partial charge is 0.262 e. The molecule has 0 radical (unpaired) electrons. The Balaban J connectivity index is 2.02. The zero-order valence-corrected chi connectivity index (χ0v) is 18.1. The number of amides is 2. The van der Waals surface area contributed by atoms with Gasteiger partial charge in [0.25, 0.3) is 11.8 Å². The Morgan fingerprint density at radius 1 is 1.10 bits per heavy atom. The topological polar surface area (TPSA) is 89.0 Å². The molecule has 0 saturated carbocycles. The molecule has 0 aliphatic heterocycles. The zero-order valence-electron chi connectivity index (χ0n) is 18.1. The lowest BCUT2D eigenvalue weighted by atomic mass is 10.0. The van der Waals surface area contributed by atoms with Gasteiger partial charge >= 0.3 is 0 Å². The van der Waals surface area contributed by atoms with Crippen LogP contribution in [0.3, 0.4) is 0 Å². The van der Waals surface area contributed by atoms with Crippen molar-refractivity contribution in [3.8, 4) is 11.5 Å². The zero-order chi connectivity index (χ0) is 22.1. The summed E-state index contributed by atoms with van der Waals surface area (Å²) in [5, 5.41) is 6.79. The minimum atomic E-state index is -0.717. The summed E-state index contributed by atoms with van der Waals surface area (Å²) in [4.78, 5) is 25.0. The Bertz CT molecular complexity index is 892. The van der Waals surface area contributed by atoms with E-state index in [9.17, 15) is 9.59 Å². The van der Waals surface area contributed by atoms with Gasteiger partial charge < -0.3 is 14.8 Å². The summed E-state index contributed by atoms with van der Waals surface area (Å²) in [6, 6.07) is 11.8. The molecule has 0 aromatic heterocycles. The minimum absolute atomic E-state index is 0.111. The molecule has 0 bridgehead atoms. The van der Waals surface area contributed by atoms with E-state index >= 15 is 0 Å². The summed E-state index contributed by atoms with van der Waals surface area (Å²) < 4.78 is 10.8. The Hall–Kier alpha value is -3.35. The third-order valence-corrected chi connectivity index (χ3v) is 4.43. The second kappa shape index (κ2) is 11.0. The molecule has 2 aromatic rings. The Morgan fingerprint density at radius 2 is 1.80 bits per heavy atom. The van der Waals surface area contributed by atoms with E-state index in [1.54, 1.807) is 31.4 Å². The second-order valence-electron chi connectivity index (χ2n) is 7.14. The summed E-state index contributed by atoms with van der Waals surface area (Å²) in [6.07, 6.45) is 1.51. The normalized spacial score (nSPS) is 11.9. The Morgan fingerprint density at radius 3 is 2.40 bits per heavy atom. The first-order chi connectivity index (χ1) is 14.3. The number of hydrazone groups is 1. The molecule has 2 amide bonds. The van der Waals surface area contributed by atoms with Crippen molar-refractivity contribution in [2.24, 2.45) is 11.0 Å². The number of aryl methyl sites for hydroxylation is 1. The maximum atomic E-state index is 12.6. The number of hydrogen-bond donors (Lipinski definition) is 2. The molecule has 7 nitrogen and oxygen atoms in total. The standard InChI is InChI=1S/C23H29N3O4/c1-6-30-19-12-9-17(13-20(19)29-5)14-24-26-23(28)21(15(2)3)25-22(27)18-10-7-16(4)8-11-18/h7-15,21H,6H2,1-5H3,(H,25,27)(H,26,28)/b24-14-. The highest BCUT2D eigenvalue weighted by Crippen LogP contribution is 2.27. The van der Waals surface area contributed by atoms with Gasteiger partial charge in [-0.2, -0.15) is 5.10 Å². The van der Waals surface area contributed by atoms with E-state index in [1.807, 2.05) is 45.9 Å². The number of methoxy groups -OCH3 is 1. The predicted molar refractivity (Wildman–Crippen MR) is 117 cm³/mol. The van der Waals surface area contributed by atoms with Crippen molar-refractivity contribution in [3.63, 3.8) is 0 Å². The van der Waals surface area contributed by atoms with Gasteiger partial charge in [-0.3, -0.25) is 9.59 Å². The van der Waals surface area contributed by atoms with Gasteiger partial charge in [0.05, 0.1) is 19.9 Å². The van der Waals surface area contributed by atoms with Gasteiger partial charge in [-0.15, -0.1) is 0 Å². The van der Waals surface area contributed by atoms with Gasteiger partial charge in [-0.05, 0) is 55.7 Å². The van der Waals surface area contributed by atoms with Crippen molar-refractivity contribution < 1.29 is 19.1 Å². The highest BCUT2D eigenvalue weighted by atomic mass is 16.5. The first-order valence-electron chi connectivity index (χ1n) is 9.87. The molecule has 2 rings (SSSR count). The molecule has 30 heavy (non-hydrogen) atoms. The van der Waals surface area contributed by atoms with Crippen LogP contribution in [-0.4, -0.2) is 37.8 Å². The van der Waals surface area contributed by atoms with Gasteiger partial charge in [-0.25, -0.2) is 5.43 Å².